The Labute approximate surface area is 94.9 Å². The van der Waals surface area contributed by atoms with Gasteiger partial charge in [0.25, 0.3) is 0 Å². The van der Waals surface area contributed by atoms with Gasteiger partial charge in [-0.15, -0.1) is 0 Å². The van der Waals surface area contributed by atoms with Crippen LogP contribution < -0.4 is 0 Å². The van der Waals surface area contributed by atoms with E-state index in [1.165, 1.54) is 0 Å². The van der Waals surface area contributed by atoms with Crippen LogP contribution in [0.1, 0.15) is 12.5 Å². The summed E-state index contributed by atoms with van der Waals surface area (Å²) in [5.41, 5.74) is 1.60. The van der Waals surface area contributed by atoms with Crippen LogP contribution in [0.2, 0.25) is 0 Å². The lowest BCUT2D eigenvalue weighted by molar-refractivity contribution is -0.131. The SMILES string of the molecule is CC(=C/C(=O)O)/C=C/C#Cc1ccccc1. The number of aliphatic carboxylic acids is 1. The van der Waals surface area contributed by atoms with Crippen molar-refractivity contribution in [3.8, 4) is 11.8 Å². The molecule has 1 N–H and O–H groups in total. The van der Waals surface area contributed by atoms with Crippen molar-refractivity contribution in [1.29, 1.82) is 0 Å². The van der Waals surface area contributed by atoms with Crippen LogP contribution in [-0.4, -0.2) is 11.1 Å². The molecule has 1 aromatic carbocycles. The Morgan fingerprint density at radius 3 is 2.62 bits per heavy atom. The fourth-order valence-corrected chi connectivity index (χ4v) is 1.06. The Morgan fingerprint density at radius 1 is 1.31 bits per heavy atom. The van der Waals surface area contributed by atoms with Crippen LogP contribution in [-0.2, 0) is 4.79 Å². The maximum atomic E-state index is 10.3. The van der Waals surface area contributed by atoms with Gasteiger partial charge in [-0.05, 0) is 30.7 Å². The number of rotatable bonds is 2. The number of benzene rings is 1. The summed E-state index contributed by atoms with van der Waals surface area (Å²) in [6.07, 6.45) is 4.45. The molecule has 0 spiro atoms. The molecule has 80 valence electrons. The fourth-order valence-electron chi connectivity index (χ4n) is 1.06. The maximum Gasteiger partial charge on any atom is 0.328 e. The normalized spacial score (nSPS) is 10.9. The van der Waals surface area contributed by atoms with E-state index >= 15 is 0 Å². The third-order valence-electron chi connectivity index (χ3n) is 1.77. The van der Waals surface area contributed by atoms with Crippen molar-refractivity contribution in [3.63, 3.8) is 0 Å². The minimum absolute atomic E-state index is 0.662. The molecule has 0 aliphatic carbocycles. The van der Waals surface area contributed by atoms with E-state index in [0.717, 1.165) is 11.6 Å². The van der Waals surface area contributed by atoms with Gasteiger partial charge in [-0.25, -0.2) is 4.79 Å². The summed E-state index contributed by atoms with van der Waals surface area (Å²) in [7, 11) is 0. The first-order chi connectivity index (χ1) is 7.68. The maximum absolute atomic E-state index is 10.3. The third kappa shape index (κ3) is 4.83. The molecule has 0 aliphatic rings. The minimum atomic E-state index is -0.946. The van der Waals surface area contributed by atoms with E-state index in [2.05, 4.69) is 11.8 Å². The van der Waals surface area contributed by atoms with Gasteiger partial charge in [-0.2, -0.15) is 0 Å². The zero-order valence-electron chi connectivity index (χ0n) is 8.97. The first-order valence-electron chi connectivity index (χ1n) is 4.83. The van der Waals surface area contributed by atoms with Gasteiger partial charge in [-0.3, -0.25) is 0 Å². The van der Waals surface area contributed by atoms with Crippen molar-refractivity contribution in [2.75, 3.05) is 0 Å². The summed E-state index contributed by atoms with van der Waals surface area (Å²) in [6.45, 7) is 1.72. The highest BCUT2D eigenvalue weighted by Crippen LogP contribution is 1.96. The van der Waals surface area contributed by atoms with E-state index in [9.17, 15) is 4.79 Å². The second-order valence-electron chi connectivity index (χ2n) is 3.20. The predicted molar refractivity (Wildman–Crippen MR) is 63.9 cm³/mol. The molecule has 0 amide bonds. The van der Waals surface area contributed by atoms with Gasteiger partial charge in [0.2, 0.25) is 0 Å². The molecule has 0 heterocycles. The van der Waals surface area contributed by atoms with E-state index in [1.807, 2.05) is 30.3 Å². The molecule has 16 heavy (non-hydrogen) atoms. The molecule has 0 fully saturated rings. The Kier molecular flexibility index (Phi) is 4.62. The molecular formula is C14H12O2. The van der Waals surface area contributed by atoms with Crippen molar-refractivity contribution >= 4 is 5.97 Å². The fraction of sp³-hybridized carbons (Fsp3) is 0.0714. The van der Waals surface area contributed by atoms with Crippen LogP contribution in [0.3, 0.4) is 0 Å². The predicted octanol–water partition coefficient (Wildman–Crippen LogP) is 2.63. The molecule has 0 saturated carbocycles. The van der Waals surface area contributed by atoms with Crippen LogP contribution in [0.5, 0.6) is 0 Å². The van der Waals surface area contributed by atoms with Crippen LogP contribution in [0, 0.1) is 11.8 Å². The van der Waals surface area contributed by atoms with E-state index in [1.54, 1.807) is 19.1 Å². The number of carboxylic acid groups (broad SMARTS) is 1. The van der Waals surface area contributed by atoms with Crippen molar-refractivity contribution in [3.05, 3.63) is 59.7 Å². The molecule has 0 bridgehead atoms. The quantitative estimate of drug-likeness (QED) is 0.465. The van der Waals surface area contributed by atoms with Gasteiger partial charge < -0.3 is 5.11 Å². The molecule has 0 saturated heterocycles. The van der Waals surface area contributed by atoms with Gasteiger partial charge in [0, 0.05) is 11.6 Å². The zero-order valence-corrected chi connectivity index (χ0v) is 8.97. The molecule has 0 unspecified atom stereocenters. The van der Waals surface area contributed by atoms with Crippen LogP contribution in [0.25, 0.3) is 0 Å². The van der Waals surface area contributed by atoms with Crippen LogP contribution in [0.15, 0.2) is 54.1 Å². The largest absolute Gasteiger partial charge is 0.478 e. The summed E-state index contributed by atoms with van der Waals surface area (Å²) < 4.78 is 0. The lowest BCUT2D eigenvalue weighted by Gasteiger charge is -1.86. The van der Waals surface area contributed by atoms with Crippen molar-refractivity contribution in [2.45, 2.75) is 6.92 Å². The summed E-state index contributed by atoms with van der Waals surface area (Å²) in [6, 6.07) is 9.61. The van der Waals surface area contributed by atoms with Gasteiger partial charge in [-0.1, -0.05) is 36.1 Å². The van der Waals surface area contributed by atoms with E-state index < -0.39 is 5.97 Å². The molecule has 1 aromatic rings. The number of carboxylic acids is 1. The Balaban J connectivity index is 2.62. The van der Waals surface area contributed by atoms with Gasteiger partial charge in [0.15, 0.2) is 0 Å². The zero-order chi connectivity index (χ0) is 11.8. The van der Waals surface area contributed by atoms with E-state index in [4.69, 9.17) is 5.11 Å². The second-order valence-corrected chi connectivity index (χ2v) is 3.20. The van der Waals surface area contributed by atoms with Crippen molar-refractivity contribution in [2.24, 2.45) is 0 Å². The highest BCUT2D eigenvalue weighted by molar-refractivity contribution is 5.81. The molecule has 1 rings (SSSR count). The Bertz CT molecular complexity index is 470. The average Bonchev–Trinajstić information content (AvgIpc) is 2.25. The van der Waals surface area contributed by atoms with Gasteiger partial charge in [0.1, 0.15) is 0 Å². The van der Waals surface area contributed by atoms with Gasteiger partial charge >= 0.3 is 5.97 Å². The number of allylic oxidation sites excluding steroid dienone is 3. The average molecular weight is 212 g/mol. The second kappa shape index (κ2) is 6.26. The number of carbonyl (C=O) groups is 1. The highest BCUT2D eigenvalue weighted by atomic mass is 16.4. The molecule has 2 heteroatoms. The molecule has 0 atom stereocenters. The third-order valence-corrected chi connectivity index (χ3v) is 1.77. The molecule has 0 aliphatic heterocycles. The van der Waals surface area contributed by atoms with E-state index in [-0.39, 0.29) is 0 Å². The number of hydrogen-bond acceptors (Lipinski definition) is 1. The standard InChI is InChI=1S/C14H12O2/c1-12(11-14(15)16)7-5-6-10-13-8-3-2-4-9-13/h2-5,7-9,11H,1H3,(H,15,16)/b7-5+,12-11-. The highest BCUT2D eigenvalue weighted by Gasteiger charge is 1.87. The Morgan fingerprint density at radius 2 is 2.00 bits per heavy atom. The van der Waals surface area contributed by atoms with Gasteiger partial charge in [0.05, 0.1) is 0 Å². The molecular weight excluding hydrogens is 200 g/mol. The Hall–Kier alpha value is -2.27. The van der Waals surface area contributed by atoms with Crippen LogP contribution in [0.4, 0.5) is 0 Å². The van der Waals surface area contributed by atoms with E-state index in [0.29, 0.717) is 5.57 Å². The summed E-state index contributed by atoms with van der Waals surface area (Å²) in [5.74, 6) is 4.84. The van der Waals surface area contributed by atoms with Crippen molar-refractivity contribution in [1.82, 2.24) is 0 Å². The first-order valence-corrected chi connectivity index (χ1v) is 4.83. The smallest absolute Gasteiger partial charge is 0.328 e. The minimum Gasteiger partial charge on any atom is -0.478 e. The molecule has 2 nitrogen and oxygen atoms in total. The summed E-state index contributed by atoms with van der Waals surface area (Å²) in [4.78, 5) is 10.3. The lowest BCUT2D eigenvalue weighted by Crippen LogP contribution is -1.87. The van der Waals surface area contributed by atoms with Crippen LogP contribution >= 0.6 is 0 Å². The topological polar surface area (TPSA) is 37.3 Å². The molecule has 0 aromatic heterocycles. The number of hydrogen-bond donors (Lipinski definition) is 1. The van der Waals surface area contributed by atoms with Crippen molar-refractivity contribution < 1.29 is 9.90 Å². The summed E-state index contributed by atoms with van der Waals surface area (Å²) >= 11 is 0. The first kappa shape index (κ1) is 11.8. The lowest BCUT2D eigenvalue weighted by atomic mass is 10.2. The molecule has 0 radical (unpaired) electrons. The monoisotopic (exact) mass is 212 g/mol. The summed E-state index contributed by atoms with van der Waals surface area (Å²) in [5, 5.41) is 8.47.